The molecule has 1 aromatic carbocycles. The van der Waals surface area contributed by atoms with Crippen LogP contribution in [0.3, 0.4) is 0 Å². The highest BCUT2D eigenvalue weighted by Gasteiger charge is 2.68. The summed E-state index contributed by atoms with van der Waals surface area (Å²) in [5, 5.41) is 9.01. The minimum Gasteiger partial charge on any atom is -0.378 e. The van der Waals surface area contributed by atoms with Gasteiger partial charge in [0, 0.05) is 44.3 Å². The summed E-state index contributed by atoms with van der Waals surface area (Å²) in [5.74, 6) is 0.779. The maximum atomic E-state index is 12.5. The van der Waals surface area contributed by atoms with E-state index in [9.17, 15) is 14.4 Å². The van der Waals surface area contributed by atoms with Crippen LogP contribution < -0.4 is 16.0 Å². The van der Waals surface area contributed by atoms with E-state index in [0.717, 1.165) is 25.7 Å². The van der Waals surface area contributed by atoms with Gasteiger partial charge in [-0.15, -0.1) is 0 Å². The van der Waals surface area contributed by atoms with Crippen LogP contribution in [0.5, 0.6) is 0 Å². The predicted molar refractivity (Wildman–Crippen MR) is 122 cm³/mol. The summed E-state index contributed by atoms with van der Waals surface area (Å²) in [6, 6.07) is 7.05. The van der Waals surface area contributed by atoms with Crippen molar-refractivity contribution in [2.75, 3.05) is 18.5 Å². The third kappa shape index (κ3) is 4.03. The van der Waals surface area contributed by atoms with Gasteiger partial charge in [0.25, 0.3) is 5.91 Å². The molecule has 4 rings (SSSR count). The van der Waals surface area contributed by atoms with Crippen molar-refractivity contribution in [3.8, 4) is 0 Å². The summed E-state index contributed by atoms with van der Waals surface area (Å²) in [4.78, 5) is 35.6. The first-order valence-corrected chi connectivity index (χ1v) is 11.7. The molecule has 1 spiro atoms. The Hall–Kier alpha value is -2.41. The second-order valence-electron chi connectivity index (χ2n) is 10.4. The molecule has 1 heterocycles. The summed E-state index contributed by atoms with van der Waals surface area (Å²) >= 11 is 0. The van der Waals surface area contributed by atoms with Crippen molar-refractivity contribution in [1.82, 2.24) is 10.6 Å². The number of amides is 3. The molecule has 3 amide bonds. The van der Waals surface area contributed by atoms with Gasteiger partial charge in [0.2, 0.25) is 11.8 Å². The molecule has 174 valence electrons. The third-order valence-corrected chi connectivity index (χ3v) is 8.15. The Bertz CT molecular complexity index is 897. The van der Waals surface area contributed by atoms with E-state index in [1.165, 1.54) is 6.92 Å². The van der Waals surface area contributed by atoms with Crippen molar-refractivity contribution < 1.29 is 19.1 Å². The summed E-state index contributed by atoms with van der Waals surface area (Å²) in [6.07, 6.45) is 4.15. The second-order valence-corrected chi connectivity index (χ2v) is 10.4. The molecule has 5 atom stereocenters. The maximum Gasteiger partial charge on any atom is 0.251 e. The fraction of sp³-hybridized carbons (Fsp3) is 0.640. The number of rotatable bonds is 6. The summed E-state index contributed by atoms with van der Waals surface area (Å²) in [7, 11) is 0. The molecule has 3 fully saturated rings. The standard InChI is InChI=1S/C25H35N3O4/c1-15(29)27-19-7-5-17(6-8-19)22(31)26-11-9-21-20-13-18-14-25(20,10-12-32-21)23(24(18,3)4)28-16(2)30/h5-8,18,20-21,23H,9-14H2,1-4H3,(H,26,31)(H,27,29)(H,28,30)/t18-,20-,21-,23+,25?/m1/s1. The average molecular weight is 442 g/mol. The molecule has 7 heteroatoms. The van der Waals surface area contributed by atoms with Gasteiger partial charge in [-0.3, -0.25) is 14.4 Å². The molecule has 3 N–H and O–H groups in total. The number of hydrogen-bond donors (Lipinski definition) is 3. The van der Waals surface area contributed by atoms with Gasteiger partial charge in [-0.2, -0.15) is 0 Å². The lowest BCUT2D eigenvalue weighted by atomic mass is 9.59. The Labute approximate surface area is 190 Å². The number of hydrogen-bond acceptors (Lipinski definition) is 4. The fourth-order valence-corrected chi connectivity index (χ4v) is 6.74. The van der Waals surface area contributed by atoms with Crippen LogP contribution in [0.25, 0.3) is 0 Å². The van der Waals surface area contributed by atoms with Gasteiger partial charge in [-0.1, -0.05) is 13.8 Å². The largest absolute Gasteiger partial charge is 0.378 e. The van der Waals surface area contributed by atoms with E-state index >= 15 is 0 Å². The molecule has 0 radical (unpaired) electrons. The van der Waals surface area contributed by atoms with Gasteiger partial charge in [-0.25, -0.2) is 0 Å². The van der Waals surface area contributed by atoms with Gasteiger partial charge in [0.05, 0.1) is 6.10 Å². The zero-order valence-corrected chi connectivity index (χ0v) is 19.5. The van der Waals surface area contributed by atoms with Crippen LogP contribution in [0.1, 0.15) is 63.7 Å². The smallest absolute Gasteiger partial charge is 0.251 e. The van der Waals surface area contributed by atoms with E-state index in [1.807, 2.05) is 0 Å². The van der Waals surface area contributed by atoms with Crippen molar-refractivity contribution in [2.24, 2.45) is 22.7 Å². The molecule has 1 aromatic rings. The third-order valence-electron chi connectivity index (χ3n) is 8.15. The summed E-state index contributed by atoms with van der Waals surface area (Å²) < 4.78 is 6.20. The first kappa shape index (κ1) is 22.8. The summed E-state index contributed by atoms with van der Waals surface area (Å²) in [6.45, 7) is 8.91. The fourth-order valence-electron chi connectivity index (χ4n) is 6.74. The van der Waals surface area contributed by atoms with Crippen LogP contribution in [0.4, 0.5) is 5.69 Å². The number of fused-ring (bicyclic) bond motifs is 1. The highest BCUT2D eigenvalue weighted by molar-refractivity contribution is 5.95. The Morgan fingerprint density at radius 3 is 2.47 bits per heavy atom. The van der Waals surface area contributed by atoms with Gasteiger partial charge in [-0.05, 0) is 72.6 Å². The maximum absolute atomic E-state index is 12.5. The Kier molecular flexibility index (Phi) is 6.05. The van der Waals surface area contributed by atoms with Crippen LogP contribution in [-0.4, -0.2) is 43.0 Å². The van der Waals surface area contributed by atoms with Gasteiger partial charge < -0.3 is 20.7 Å². The van der Waals surface area contributed by atoms with E-state index in [1.54, 1.807) is 31.2 Å². The lowest BCUT2D eigenvalue weighted by Crippen LogP contribution is -2.60. The number of carbonyl (C=O) groups excluding carboxylic acids is 3. The molecule has 3 aliphatic rings. The van der Waals surface area contributed by atoms with Crippen LogP contribution in [0, 0.1) is 22.7 Å². The zero-order chi connectivity index (χ0) is 23.1. The minimum atomic E-state index is -0.141. The van der Waals surface area contributed by atoms with Crippen molar-refractivity contribution in [2.45, 2.75) is 65.5 Å². The minimum absolute atomic E-state index is 0.0450. The molecule has 2 bridgehead atoms. The van der Waals surface area contributed by atoms with Crippen molar-refractivity contribution in [3.63, 3.8) is 0 Å². The molecule has 1 aliphatic heterocycles. The molecular weight excluding hydrogens is 406 g/mol. The molecule has 2 aliphatic carbocycles. The monoisotopic (exact) mass is 441 g/mol. The molecule has 1 unspecified atom stereocenters. The molecule has 1 saturated heterocycles. The van der Waals surface area contributed by atoms with E-state index < -0.39 is 0 Å². The Morgan fingerprint density at radius 1 is 1.09 bits per heavy atom. The molecule has 32 heavy (non-hydrogen) atoms. The number of benzene rings is 1. The van der Waals surface area contributed by atoms with E-state index in [2.05, 4.69) is 29.8 Å². The number of carbonyl (C=O) groups is 3. The lowest BCUT2D eigenvalue weighted by molar-refractivity contribution is -0.135. The van der Waals surface area contributed by atoms with Gasteiger partial charge in [0.15, 0.2) is 0 Å². The van der Waals surface area contributed by atoms with E-state index in [0.29, 0.717) is 36.2 Å². The first-order valence-electron chi connectivity index (χ1n) is 11.7. The zero-order valence-electron chi connectivity index (χ0n) is 19.5. The lowest BCUT2D eigenvalue weighted by Gasteiger charge is -2.53. The van der Waals surface area contributed by atoms with E-state index in [-0.39, 0.29) is 40.7 Å². The first-order chi connectivity index (χ1) is 15.1. The molecule has 7 nitrogen and oxygen atoms in total. The highest BCUT2D eigenvalue weighted by atomic mass is 16.5. The van der Waals surface area contributed by atoms with Crippen molar-refractivity contribution in [3.05, 3.63) is 29.8 Å². The highest BCUT2D eigenvalue weighted by Crippen LogP contribution is 2.68. The SMILES string of the molecule is CC(=O)Nc1ccc(C(=O)NCC[C@H]2OCCC34C[C@@H](C[C@H]23)C(C)(C)[C@@H]4NC(C)=O)cc1. The van der Waals surface area contributed by atoms with Crippen molar-refractivity contribution >= 4 is 23.4 Å². The average Bonchev–Trinajstić information content (AvgIpc) is 3.21. The molecule has 0 aromatic heterocycles. The Balaban J connectivity index is 1.36. The van der Waals surface area contributed by atoms with Crippen LogP contribution in [0.2, 0.25) is 0 Å². The predicted octanol–water partition coefficient (Wildman–Crippen LogP) is 3.11. The van der Waals surface area contributed by atoms with Crippen LogP contribution in [0.15, 0.2) is 24.3 Å². The van der Waals surface area contributed by atoms with Gasteiger partial charge >= 0.3 is 0 Å². The van der Waals surface area contributed by atoms with Crippen LogP contribution >= 0.6 is 0 Å². The summed E-state index contributed by atoms with van der Waals surface area (Å²) in [5.41, 5.74) is 1.43. The topological polar surface area (TPSA) is 96.5 Å². The van der Waals surface area contributed by atoms with E-state index in [4.69, 9.17) is 4.74 Å². The molecule has 2 saturated carbocycles. The number of ether oxygens (including phenoxy) is 1. The number of anilines is 1. The normalized spacial score (nSPS) is 32.1. The quantitative estimate of drug-likeness (QED) is 0.632. The molecular formula is C25H35N3O4. The van der Waals surface area contributed by atoms with Crippen molar-refractivity contribution in [1.29, 1.82) is 0 Å². The number of nitrogens with one attached hydrogen (secondary N) is 3. The second kappa shape index (κ2) is 8.50. The van der Waals surface area contributed by atoms with Gasteiger partial charge in [0.1, 0.15) is 0 Å². The van der Waals surface area contributed by atoms with Crippen LogP contribution in [-0.2, 0) is 14.3 Å². The Morgan fingerprint density at radius 2 is 1.81 bits per heavy atom.